The van der Waals surface area contributed by atoms with Gasteiger partial charge < -0.3 is 16.0 Å². The van der Waals surface area contributed by atoms with E-state index in [1.165, 1.54) is 6.08 Å². The Morgan fingerprint density at radius 1 is 1.09 bits per heavy atom. The number of carbonyl (C=O) groups is 2. The molecule has 1 saturated heterocycles. The summed E-state index contributed by atoms with van der Waals surface area (Å²) in [6.45, 7) is 4.82. The summed E-state index contributed by atoms with van der Waals surface area (Å²) in [6, 6.07) is 14.3. The van der Waals surface area contributed by atoms with Crippen molar-refractivity contribution in [1.82, 2.24) is 24.3 Å². The molecule has 1 fully saturated rings. The topological polar surface area (TPSA) is 119 Å². The number of hydrogen-bond acceptors (Lipinski definition) is 6. The van der Waals surface area contributed by atoms with E-state index in [9.17, 15) is 9.59 Å². The fraction of sp³-hybridized carbons (Fsp3) is 0.160. The summed E-state index contributed by atoms with van der Waals surface area (Å²) < 4.78 is 1.82. The van der Waals surface area contributed by atoms with Crippen molar-refractivity contribution in [3.05, 3.63) is 84.8 Å². The first-order valence-electron chi connectivity index (χ1n) is 10.9. The Labute approximate surface area is 196 Å². The third-order valence-corrected chi connectivity index (χ3v) is 5.98. The molecule has 4 heterocycles. The molecule has 4 aromatic rings. The quantitative estimate of drug-likeness (QED) is 0.448. The fourth-order valence-corrected chi connectivity index (χ4v) is 4.29. The number of pyridine rings is 1. The minimum absolute atomic E-state index is 0.0769. The lowest BCUT2D eigenvalue weighted by Crippen LogP contribution is -2.26. The highest BCUT2D eigenvalue weighted by Crippen LogP contribution is 2.33. The van der Waals surface area contributed by atoms with E-state index >= 15 is 0 Å². The lowest BCUT2D eigenvalue weighted by atomic mass is 10.0. The molecule has 5 rings (SSSR count). The molecule has 0 saturated carbocycles. The van der Waals surface area contributed by atoms with Crippen molar-refractivity contribution < 1.29 is 9.59 Å². The molecule has 1 aliphatic rings. The first-order valence-corrected chi connectivity index (χ1v) is 10.9. The highest BCUT2D eigenvalue weighted by molar-refractivity contribution is 6.04. The number of nitrogen functional groups attached to an aromatic ring is 1. The molecule has 0 spiro atoms. The van der Waals surface area contributed by atoms with E-state index in [-0.39, 0.29) is 17.7 Å². The molecule has 34 heavy (non-hydrogen) atoms. The molecule has 3 N–H and O–H groups in total. The molecule has 9 heteroatoms. The number of imidazole rings is 1. The third kappa shape index (κ3) is 3.88. The normalized spacial score (nSPS) is 15.4. The largest absolute Gasteiger partial charge is 0.369 e. The monoisotopic (exact) mass is 453 g/mol. The van der Waals surface area contributed by atoms with Crippen LogP contribution in [-0.4, -0.2) is 49.2 Å². The fourth-order valence-electron chi connectivity index (χ4n) is 4.29. The Bertz CT molecular complexity index is 1380. The van der Waals surface area contributed by atoms with Crippen molar-refractivity contribution >= 4 is 29.1 Å². The molecule has 3 aromatic heterocycles. The number of rotatable bonds is 5. The molecule has 1 atom stereocenters. The number of amides is 2. The standard InChI is InChI=1S/C25H23N7O2/c1-2-21(33)31-14-11-18(15-31)22-19-10-13-28-25(26)32(19)23(30-22)16-6-8-17(9-7-16)24(34)29-20-5-3-4-12-27-20/h2-10,12-13,18H,1,11,14-15H2,(H2,26,28)(H,27,29,34)/t18-/m0/s1. The first kappa shape index (κ1) is 21.3. The Morgan fingerprint density at radius 3 is 2.65 bits per heavy atom. The number of nitrogens with one attached hydrogen (secondary N) is 1. The number of carbonyl (C=O) groups excluding carboxylic acids is 2. The van der Waals surface area contributed by atoms with Crippen LogP contribution in [0, 0.1) is 0 Å². The highest BCUT2D eigenvalue weighted by atomic mass is 16.2. The lowest BCUT2D eigenvalue weighted by molar-refractivity contribution is -0.125. The second kappa shape index (κ2) is 8.78. The zero-order valence-corrected chi connectivity index (χ0v) is 18.4. The second-order valence-electron chi connectivity index (χ2n) is 8.06. The maximum Gasteiger partial charge on any atom is 0.256 e. The van der Waals surface area contributed by atoms with E-state index in [1.807, 2.05) is 28.7 Å². The molecule has 0 aliphatic carbocycles. The molecule has 170 valence electrons. The zero-order valence-electron chi connectivity index (χ0n) is 18.4. The van der Waals surface area contributed by atoms with Crippen molar-refractivity contribution in [2.24, 2.45) is 0 Å². The summed E-state index contributed by atoms with van der Waals surface area (Å²) in [5, 5.41) is 2.78. The number of aromatic nitrogens is 4. The van der Waals surface area contributed by atoms with Crippen molar-refractivity contribution in [3.8, 4) is 11.4 Å². The SMILES string of the molecule is C=CC(=O)N1CC[C@H](c2nc(-c3ccc(C(=O)Nc4ccccn4)cc3)n3c(N)nccc23)C1. The smallest absolute Gasteiger partial charge is 0.256 e. The maximum absolute atomic E-state index is 12.6. The van der Waals surface area contributed by atoms with Crippen LogP contribution in [0.4, 0.5) is 11.8 Å². The van der Waals surface area contributed by atoms with Gasteiger partial charge in [-0.1, -0.05) is 24.8 Å². The van der Waals surface area contributed by atoms with Gasteiger partial charge in [0.15, 0.2) is 0 Å². The third-order valence-electron chi connectivity index (χ3n) is 5.98. The van der Waals surface area contributed by atoms with Crippen LogP contribution in [0.25, 0.3) is 16.9 Å². The van der Waals surface area contributed by atoms with Gasteiger partial charge in [-0.2, -0.15) is 0 Å². The summed E-state index contributed by atoms with van der Waals surface area (Å²) in [4.78, 5) is 39.7. The minimum Gasteiger partial charge on any atom is -0.369 e. The summed E-state index contributed by atoms with van der Waals surface area (Å²) in [5.41, 5.74) is 9.26. The molecule has 0 radical (unpaired) electrons. The van der Waals surface area contributed by atoms with E-state index in [0.29, 0.717) is 36.2 Å². The second-order valence-corrected chi connectivity index (χ2v) is 8.06. The number of nitrogens with two attached hydrogens (primary N) is 1. The van der Waals surface area contributed by atoms with Gasteiger partial charge in [-0.05, 0) is 42.8 Å². The van der Waals surface area contributed by atoms with Gasteiger partial charge in [-0.25, -0.2) is 15.0 Å². The van der Waals surface area contributed by atoms with Crippen LogP contribution in [0.15, 0.2) is 73.6 Å². The Hall–Kier alpha value is -4.53. The minimum atomic E-state index is -0.252. The van der Waals surface area contributed by atoms with Crippen LogP contribution in [0.2, 0.25) is 0 Å². The molecular formula is C25H23N7O2. The van der Waals surface area contributed by atoms with Gasteiger partial charge in [-0.3, -0.25) is 14.0 Å². The number of anilines is 2. The van der Waals surface area contributed by atoms with Crippen LogP contribution < -0.4 is 11.1 Å². The number of likely N-dealkylation sites (tertiary alicyclic amines) is 1. The average Bonchev–Trinajstić information content (AvgIpc) is 3.50. The maximum atomic E-state index is 12.6. The zero-order chi connectivity index (χ0) is 23.7. The van der Waals surface area contributed by atoms with Crippen LogP contribution in [-0.2, 0) is 4.79 Å². The van der Waals surface area contributed by atoms with Gasteiger partial charge in [0.2, 0.25) is 11.9 Å². The summed E-state index contributed by atoms with van der Waals surface area (Å²) >= 11 is 0. The van der Waals surface area contributed by atoms with Crippen LogP contribution in [0.1, 0.15) is 28.4 Å². The summed E-state index contributed by atoms with van der Waals surface area (Å²) in [5.74, 6) is 1.20. The van der Waals surface area contributed by atoms with Gasteiger partial charge >= 0.3 is 0 Å². The van der Waals surface area contributed by atoms with E-state index < -0.39 is 0 Å². The molecule has 1 aromatic carbocycles. The van der Waals surface area contributed by atoms with Gasteiger partial charge in [0.05, 0.1) is 11.2 Å². The van der Waals surface area contributed by atoms with E-state index in [1.54, 1.807) is 41.6 Å². The van der Waals surface area contributed by atoms with Crippen LogP contribution >= 0.6 is 0 Å². The number of benzene rings is 1. The van der Waals surface area contributed by atoms with Gasteiger partial charge in [0, 0.05) is 42.5 Å². The van der Waals surface area contributed by atoms with Crippen LogP contribution in [0.5, 0.6) is 0 Å². The molecule has 1 aliphatic heterocycles. The number of fused-ring (bicyclic) bond motifs is 1. The van der Waals surface area contributed by atoms with Gasteiger partial charge in [0.25, 0.3) is 5.91 Å². The number of nitrogens with zero attached hydrogens (tertiary/aromatic N) is 5. The number of hydrogen-bond donors (Lipinski definition) is 2. The van der Waals surface area contributed by atoms with Crippen molar-refractivity contribution in [1.29, 1.82) is 0 Å². The molecule has 2 amide bonds. The van der Waals surface area contributed by atoms with Crippen LogP contribution in [0.3, 0.4) is 0 Å². The Balaban J connectivity index is 1.46. The van der Waals surface area contributed by atoms with Crippen molar-refractivity contribution in [2.45, 2.75) is 12.3 Å². The van der Waals surface area contributed by atoms with Gasteiger partial charge in [0.1, 0.15) is 11.6 Å². The van der Waals surface area contributed by atoms with Gasteiger partial charge in [-0.15, -0.1) is 0 Å². The average molecular weight is 454 g/mol. The first-order chi connectivity index (χ1) is 16.5. The van der Waals surface area contributed by atoms with E-state index in [0.717, 1.165) is 23.2 Å². The van der Waals surface area contributed by atoms with E-state index in [2.05, 4.69) is 21.9 Å². The summed E-state index contributed by atoms with van der Waals surface area (Å²) in [7, 11) is 0. The molecule has 0 unspecified atom stereocenters. The predicted octanol–water partition coefficient (Wildman–Crippen LogP) is 3.13. The highest BCUT2D eigenvalue weighted by Gasteiger charge is 2.30. The summed E-state index contributed by atoms with van der Waals surface area (Å²) in [6.07, 6.45) is 5.43. The van der Waals surface area contributed by atoms with Crippen molar-refractivity contribution in [2.75, 3.05) is 24.1 Å². The Morgan fingerprint density at radius 2 is 1.91 bits per heavy atom. The van der Waals surface area contributed by atoms with Crippen molar-refractivity contribution in [3.63, 3.8) is 0 Å². The Kier molecular flexibility index (Phi) is 5.51. The molecule has 0 bridgehead atoms. The lowest BCUT2D eigenvalue weighted by Gasteiger charge is -2.13. The molecule has 9 nitrogen and oxygen atoms in total. The molecular weight excluding hydrogens is 430 g/mol. The van der Waals surface area contributed by atoms with E-state index in [4.69, 9.17) is 10.7 Å². The predicted molar refractivity (Wildman–Crippen MR) is 129 cm³/mol.